The largest absolute Gasteiger partial charge is 0.434 e. The monoisotopic (exact) mass is 439 g/mol. The van der Waals surface area contributed by atoms with E-state index >= 15 is 0 Å². The lowest BCUT2D eigenvalue weighted by Gasteiger charge is -2.33. The van der Waals surface area contributed by atoms with Crippen LogP contribution in [0.3, 0.4) is 0 Å². The molecule has 2 amide bonds. The number of ether oxygens (including phenoxy) is 1. The molecule has 0 bridgehead atoms. The van der Waals surface area contributed by atoms with Crippen LogP contribution in [-0.2, 0) is 16.1 Å². The fraction of sp³-hybridized carbons (Fsp3) is 0.611. The van der Waals surface area contributed by atoms with E-state index in [0.29, 0.717) is 25.8 Å². The highest BCUT2D eigenvalue weighted by molar-refractivity contribution is 5.82. The second-order valence-electron chi connectivity index (χ2n) is 7.53. The van der Waals surface area contributed by atoms with E-state index in [0.717, 1.165) is 10.5 Å². The molecule has 1 N–H and O–H groups in total. The number of carbonyl (C=O) groups excluding carboxylic acids is 2. The van der Waals surface area contributed by atoms with Gasteiger partial charge in [0.15, 0.2) is 0 Å². The van der Waals surface area contributed by atoms with E-state index in [4.69, 9.17) is 0 Å². The van der Waals surface area contributed by atoms with E-state index in [2.05, 4.69) is 15.0 Å². The van der Waals surface area contributed by atoms with Gasteiger partial charge in [0.05, 0.1) is 0 Å². The molecule has 30 heavy (non-hydrogen) atoms. The summed E-state index contributed by atoms with van der Waals surface area (Å²) < 4.78 is 79.0. The SMILES string of the molecule is O=C(NCc1cccnc1)[C@H]1CC12CCN(C(=O)OC(C(F)(F)F)C(F)(F)F)CC2. The minimum Gasteiger partial charge on any atom is -0.426 e. The zero-order valence-electron chi connectivity index (χ0n) is 15.6. The first kappa shape index (κ1) is 22.2. The number of carbonyl (C=O) groups is 2. The van der Waals surface area contributed by atoms with Gasteiger partial charge < -0.3 is 15.0 Å². The van der Waals surface area contributed by atoms with Gasteiger partial charge in [-0.3, -0.25) is 9.78 Å². The van der Waals surface area contributed by atoms with Gasteiger partial charge in [0.2, 0.25) is 5.91 Å². The summed E-state index contributed by atoms with van der Waals surface area (Å²) in [7, 11) is 0. The number of hydrogen-bond acceptors (Lipinski definition) is 4. The number of pyridine rings is 1. The predicted octanol–water partition coefficient (Wildman–Crippen LogP) is 3.43. The van der Waals surface area contributed by atoms with Crippen molar-refractivity contribution in [2.45, 2.75) is 44.3 Å². The van der Waals surface area contributed by atoms with Crippen LogP contribution in [0.1, 0.15) is 24.8 Å². The summed E-state index contributed by atoms with van der Waals surface area (Å²) in [5.74, 6) is -0.477. The number of hydrogen-bond donors (Lipinski definition) is 1. The van der Waals surface area contributed by atoms with Gasteiger partial charge in [-0.25, -0.2) is 4.79 Å². The smallest absolute Gasteiger partial charge is 0.426 e. The van der Waals surface area contributed by atoms with Gasteiger partial charge in [0, 0.05) is 37.9 Å². The number of aromatic nitrogens is 1. The van der Waals surface area contributed by atoms with Crippen molar-refractivity contribution < 1.29 is 40.7 Å². The predicted molar refractivity (Wildman–Crippen MR) is 89.8 cm³/mol. The Labute approximate surface area is 167 Å². The summed E-state index contributed by atoms with van der Waals surface area (Å²) >= 11 is 0. The molecule has 0 radical (unpaired) electrons. The Morgan fingerprint density at radius 1 is 1.20 bits per heavy atom. The molecule has 0 aromatic carbocycles. The fourth-order valence-electron chi connectivity index (χ4n) is 3.72. The molecular formula is C18H19F6N3O3. The Hall–Kier alpha value is -2.53. The Morgan fingerprint density at radius 3 is 2.37 bits per heavy atom. The molecule has 2 aliphatic rings. The van der Waals surface area contributed by atoms with E-state index in [1.807, 2.05) is 0 Å². The van der Waals surface area contributed by atoms with Crippen LogP contribution in [0.2, 0.25) is 0 Å². The van der Waals surface area contributed by atoms with Crippen LogP contribution in [0.15, 0.2) is 24.5 Å². The molecule has 12 heteroatoms. The van der Waals surface area contributed by atoms with Gasteiger partial charge in [-0.15, -0.1) is 0 Å². The number of piperidine rings is 1. The molecule has 166 valence electrons. The van der Waals surface area contributed by atoms with Crippen LogP contribution < -0.4 is 5.32 Å². The van der Waals surface area contributed by atoms with Crippen LogP contribution in [0.4, 0.5) is 31.1 Å². The van der Waals surface area contributed by atoms with Crippen molar-refractivity contribution in [3.8, 4) is 0 Å². The Kier molecular flexibility index (Phi) is 5.87. The van der Waals surface area contributed by atoms with Crippen LogP contribution in [0.5, 0.6) is 0 Å². The molecule has 1 aliphatic carbocycles. The Balaban J connectivity index is 1.49. The van der Waals surface area contributed by atoms with Crippen molar-refractivity contribution in [2.24, 2.45) is 11.3 Å². The van der Waals surface area contributed by atoms with Crippen LogP contribution >= 0.6 is 0 Å². The highest BCUT2D eigenvalue weighted by Crippen LogP contribution is 2.59. The number of amides is 2. The topological polar surface area (TPSA) is 71.5 Å². The van der Waals surface area contributed by atoms with Gasteiger partial charge in [-0.1, -0.05) is 6.07 Å². The summed E-state index contributed by atoms with van der Waals surface area (Å²) in [6.45, 7) is 0.148. The lowest BCUT2D eigenvalue weighted by molar-refractivity contribution is -0.308. The van der Waals surface area contributed by atoms with E-state index in [9.17, 15) is 35.9 Å². The van der Waals surface area contributed by atoms with Gasteiger partial charge in [0.1, 0.15) is 0 Å². The number of rotatable bonds is 4. The average molecular weight is 439 g/mol. The zero-order chi connectivity index (χ0) is 22.2. The maximum Gasteiger partial charge on any atom is 0.434 e. The van der Waals surface area contributed by atoms with E-state index in [1.54, 1.807) is 24.5 Å². The minimum absolute atomic E-state index is 0.0757. The van der Waals surface area contributed by atoms with Crippen molar-refractivity contribution in [3.05, 3.63) is 30.1 Å². The highest BCUT2D eigenvalue weighted by Gasteiger charge is 2.61. The number of nitrogens with one attached hydrogen (secondary N) is 1. The molecule has 1 saturated heterocycles. The van der Waals surface area contributed by atoms with Crippen LogP contribution in [0.25, 0.3) is 0 Å². The van der Waals surface area contributed by atoms with Crippen molar-refractivity contribution >= 4 is 12.0 Å². The maximum absolute atomic E-state index is 12.5. The molecule has 1 atom stereocenters. The third-order valence-electron chi connectivity index (χ3n) is 5.53. The third kappa shape index (κ3) is 4.96. The highest BCUT2D eigenvalue weighted by atomic mass is 19.4. The van der Waals surface area contributed by atoms with Crippen molar-refractivity contribution in [1.29, 1.82) is 0 Å². The first-order valence-corrected chi connectivity index (χ1v) is 9.18. The molecule has 0 unspecified atom stereocenters. The number of likely N-dealkylation sites (tertiary alicyclic amines) is 1. The number of alkyl halides is 6. The molecule has 3 rings (SSSR count). The normalized spacial score (nSPS) is 20.9. The summed E-state index contributed by atoms with van der Waals surface area (Å²) in [6.07, 6.45) is -13.0. The van der Waals surface area contributed by atoms with Crippen LogP contribution in [0, 0.1) is 11.3 Å². The lowest BCUT2D eigenvalue weighted by atomic mass is 9.91. The third-order valence-corrected chi connectivity index (χ3v) is 5.53. The lowest BCUT2D eigenvalue weighted by Crippen LogP contribution is -2.49. The van der Waals surface area contributed by atoms with Gasteiger partial charge in [-0.05, 0) is 36.3 Å². The van der Waals surface area contributed by atoms with Gasteiger partial charge >= 0.3 is 18.4 Å². The molecule has 1 aromatic heterocycles. The summed E-state index contributed by atoms with van der Waals surface area (Å²) in [5.41, 5.74) is 0.436. The second-order valence-corrected chi connectivity index (χ2v) is 7.53. The van der Waals surface area contributed by atoms with Crippen LogP contribution in [-0.4, -0.2) is 53.4 Å². The van der Waals surface area contributed by atoms with E-state index in [-0.39, 0.29) is 30.3 Å². The number of nitrogens with zero attached hydrogens (tertiary/aromatic N) is 2. The molecule has 2 heterocycles. The quantitative estimate of drug-likeness (QED) is 0.730. The first-order chi connectivity index (χ1) is 13.9. The molecule has 6 nitrogen and oxygen atoms in total. The first-order valence-electron chi connectivity index (χ1n) is 9.18. The molecule has 1 saturated carbocycles. The van der Waals surface area contributed by atoms with Crippen molar-refractivity contribution in [1.82, 2.24) is 15.2 Å². The Bertz CT molecular complexity index is 762. The molecule has 1 spiro atoms. The summed E-state index contributed by atoms with van der Waals surface area (Å²) in [5, 5.41) is 2.79. The number of halogens is 6. The zero-order valence-corrected chi connectivity index (χ0v) is 15.6. The van der Waals surface area contributed by atoms with Crippen molar-refractivity contribution in [2.75, 3.05) is 13.1 Å². The van der Waals surface area contributed by atoms with Crippen molar-refractivity contribution in [3.63, 3.8) is 0 Å². The second kappa shape index (κ2) is 7.95. The summed E-state index contributed by atoms with van der Waals surface area (Å²) in [4.78, 5) is 28.9. The molecule has 1 aromatic rings. The van der Waals surface area contributed by atoms with E-state index < -0.39 is 24.5 Å². The molecular weight excluding hydrogens is 420 g/mol. The van der Waals surface area contributed by atoms with Gasteiger partial charge in [-0.2, -0.15) is 26.3 Å². The van der Waals surface area contributed by atoms with Gasteiger partial charge in [0.25, 0.3) is 6.10 Å². The molecule has 2 fully saturated rings. The Morgan fingerprint density at radius 2 is 1.83 bits per heavy atom. The standard InChI is InChI=1S/C18H19F6N3O3/c19-17(20,21)14(18(22,23)24)30-15(29)27-6-3-16(4-7-27)8-12(16)13(28)26-10-11-2-1-5-25-9-11/h1-2,5,9,12,14H,3-4,6-8,10H2,(H,26,28)/t12-/m1/s1. The molecule has 1 aliphatic heterocycles. The van der Waals surface area contributed by atoms with E-state index in [1.165, 1.54) is 0 Å². The minimum atomic E-state index is -5.75. The maximum atomic E-state index is 12.5. The fourth-order valence-corrected chi connectivity index (χ4v) is 3.72. The average Bonchev–Trinajstić information content (AvgIpc) is 3.37. The summed E-state index contributed by atoms with van der Waals surface area (Å²) in [6, 6.07) is 3.53.